The molecule has 0 radical (unpaired) electrons. The Labute approximate surface area is 242 Å². The number of nitro benzene ring substituents is 1. The fourth-order valence-electron chi connectivity index (χ4n) is 6.05. The van der Waals surface area contributed by atoms with Gasteiger partial charge in [0.15, 0.2) is 35.7 Å². The molecule has 3 aliphatic heterocycles. The molecule has 3 aromatic carbocycles. The Kier molecular flexibility index (Phi) is 6.96. The summed E-state index contributed by atoms with van der Waals surface area (Å²) >= 11 is 0. The number of phenols is 1. The Bertz CT molecular complexity index is 1650. The smallest absolute Gasteiger partial charge is 0.269 e. The van der Waals surface area contributed by atoms with Crippen molar-refractivity contribution in [1.82, 2.24) is 4.90 Å². The maximum atomic E-state index is 11.1. The third-order valence-corrected chi connectivity index (χ3v) is 8.21. The van der Waals surface area contributed by atoms with E-state index in [1.807, 2.05) is 24.4 Å². The quantitative estimate of drug-likeness (QED) is 0.214. The summed E-state index contributed by atoms with van der Waals surface area (Å²) in [5.74, 6) is 2.17. The van der Waals surface area contributed by atoms with Crippen LogP contribution in [0.15, 0.2) is 54.7 Å². The Morgan fingerprint density at radius 2 is 1.76 bits per heavy atom. The lowest BCUT2D eigenvalue weighted by Gasteiger charge is -2.36. The second-order valence-electron chi connectivity index (χ2n) is 10.4. The van der Waals surface area contributed by atoms with Gasteiger partial charge in [0, 0.05) is 68.4 Å². The standard InChI is InChI=1S/C30H28N4O6.ClH/c1-38-29-13-20(16-31-8-10-32(11-9-31)21-2-4-22(5-3-21)34(36)37)23-14-26-24-15-28-27(39-18-40-28)12-19(24)6-7-33(26)17-25(23)30(29)35;/h2-5,12-15,17H,6-11,16,18H2,1H3;1H. The molecule has 4 aromatic rings. The van der Waals surface area contributed by atoms with Crippen molar-refractivity contribution >= 4 is 22.1 Å². The molecule has 11 heteroatoms. The van der Waals surface area contributed by atoms with E-state index < -0.39 is 0 Å². The number of piperazine rings is 1. The number of fused-ring (bicyclic) bond motifs is 5. The third kappa shape index (κ3) is 4.72. The first-order chi connectivity index (χ1) is 19.5. The number of hydrogen-bond acceptors (Lipinski definition) is 8. The van der Waals surface area contributed by atoms with E-state index in [1.165, 1.54) is 5.56 Å². The number of nitro groups is 1. The van der Waals surface area contributed by atoms with E-state index in [9.17, 15) is 15.2 Å². The lowest BCUT2D eigenvalue weighted by atomic mass is 9.94. The molecule has 7 rings (SSSR count). The number of halogens is 1. The van der Waals surface area contributed by atoms with Gasteiger partial charge in [0.2, 0.25) is 12.5 Å². The van der Waals surface area contributed by atoms with Crippen LogP contribution in [0.2, 0.25) is 0 Å². The van der Waals surface area contributed by atoms with Gasteiger partial charge in [-0.25, -0.2) is 0 Å². The number of nitrogens with zero attached hydrogens (tertiary/aromatic N) is 4. The Balaban J connectivity index is 0.00000302. The highest BCUT2D eigenvalue weighted by atomic mass is 35.5. The highest BCUT2D eigenvalue weighted by Crippen LogP contribution is 2.42. The molecule has 0 bridgehead atoms. The second kappa shape index (κ2) is 10.6. The van der Waals surface area contributed by atoms with Crippen LogP contribution in [0.25, 0.3) is 22.0 Å². The molecule has 1 saturated heterocycles. The van der Waals surface area contributed by atoms with Gasteiger partial charge in [0.25, 0.3) is 5.69 Å². The van der Waals surface area contributed by atoms with Gasteiger partial charge >= 0.3 is 0 Å². The number of phenolic OH excluding ortho intramolecular Hbond substituents is 1. The van der Waals surface area contributed by atoms with Crippen molar-refractivity contribution in [2.45, 2.75) is 19.5 Å². The zero-order valence-electron chi connectivity index (χ0n) is 22.5. The summed E-state index contributed by atoms with van der Waals surface area (Å²) in [4.78, 5) is 15.3. The normalized spacial score (nSPS) is 15.7. The molecular formula is C30H29ClN4O6. The molecule has 0 saturated carbocycles. The van der Waals surface area contributed by atoms with Crippen molar-refractivity contribution in [2.75, 3.05) is 45.0 Å². The van der Waals surface area contributed by atoms with Gasteiger partial charge in [0.1, 0.15) is 0 Å². The zero-order valence-corrected chi connectivity index (χ0v) is 23.3. The first kappa shape index (κ1) is 26.9. The largest absolute Gasteiger partial charge is 1.00 e. The summed E-state index contributed by atoms with van der Waals surface area (Å²) in [7, 11) is 1.58. The minimum absolute atomic E-state index is 0. The number of non-ortho nitro benzene ring substituents is 1. The van der Waals surface area contributed by atoms with E-state index in [4.69, 9.17) is 14.2 Å². The average molecular weight is 577 g/mol. The van der Waals surface area contributed by atoms with Crippen molar-refractivity contribution in [2.24, 2.45) is 0 Å². The van der Waals surface area contributed by atoms with Gasteiger partial charge in [0.05, 0.1) is 23.0 Å². The minimum Gasteiger partial charge on any atom is -1.00 e. The summed E-state index contributed by atoms with van der Waals surface area (Å²) in [5, 5.41) is 23.8. The van der Waals surface area contributed by atoms with Gasteiger partial charge < -0.3 is 36.6 Å². The fraction of sp³-hybridized carbons (Fsp3) is 0.300. The molecule has 1 aromatic heterocycles. The highest BCUT2D eigenvalue weighted by molar-refractivity contribution is 5.94. The van der Waals surface area contributed by atoms with Gasteiger partial charge in [-0.3, -0.25) is 15.0 Å². The zero-order chi connectivity index (χ0) is 27.4. The van der Waals surface area contributed by atoms with Crippen LogP contribution in [-0.2, 0) is 19.5 Å². The molecule has 3 aliphatic rings. The van der Waals surface area contributed by atoms with Crippen LogP contribution < -0.4 is 36.1 Å². The predicted molar refractivity (Wildman–Crippen MR) is 148 cm³/mol. The minimum atomic E-state index is -0.374. The number of aromatic nitrogens is 1. The van der Waals surface area contributed by atoms with Gasteiger partial charge in [-0.05, 0) is 41.5 Å². The molecule has 41 heavy (non-hydrogen) atoms. The van der Waals surface area contributed by atoms with Crippen LogP contribution in [0.3, 0.4) is 0 Å². The predicted octanol–water partition coefficient (Wildman–Crippen LogP) is 1.03. The van der Waals surface area contributed by atoms with Crippen LogP contribution in [0.5, 0.6) is 23.0 Å². The summed E-state index contributed by atoms with van der Waals surface area (Å²) in [6.07, 6.45) is 2.90. The number of methoxy groups -OCH3 is 1. The van der Waals surface area contributed by atoms with Gasteiger partial charge in [-0.1, -0.05) is 0 Å². The highest BCUT2D eigenvalue weighted by Gasteiger charge is 2.30. The number of rotatable bonds is 5. The number of aryl methyl sites for hydroxylation is 2. The molecule has 0 spiro atoms. The van der Waals surface area contributed by atoms with Gasteiger partial charge in [-0.2, -0.15) is 4.57 Å². The van der Waals surface area contributed by atoms with Crippen LogP contribution in [0, 0.1) is 10.1 Å². The number of ether oxygens (including phenoxy) is 3. The van der Waals surface area contributed by atoms with E-state index in [0.717, 1.165) is 83.9 Å². The second-order valence-corrected chi connectivity index (χ2v) is 10.4. The van der Waals surface area contributed by atoms with Crippen LogP contribution >= 0.6 is 0 Å². The summed E-state index contributed by atoms with van der Waals surface area (Å²) < 4.78 is 19.0. The molecule has 4 heterocycles. The summed E-state index contributed by atoms with van der Waals surface area (Å²) in [5.41, 5.74) is 5.61. The molecular weight excluding hydrogens is 548 g/mol. The van der Waals surface area contributed by atoms with Crippen LogP contribution in [0.4, 0.5) is 11.4 Å². The van der Waals surface area contributed by atoms with Crippen molar-refractivity contribution in [3.05, 3.63) is 76.0 Å². The van der Waals surface area contributed by atoms with Crippen molar-refractivity contribution in [1.29, 1.82) is 0 Å². The van der Waals surface area contributed by atoms with E-state index in [1.54, 1.807) is 19.2 Å². The number of aromatic hydroxyl groups is 1. The lowest BCUT2D eigenvalue weighted by Crippen LogP contribution is -3.00. The molecule has 10 nitrogen and oxygen atoms in total. The molecule has 1 N–H and O–H groups in total. The van der Waals surface area contributed by atoms with E-state index in [2.05, 4.69) is 32.6 Å². The maximum Gasteiger partial charge on any atom is 0.269 e. The van der Waals surface area contributed by atoms with Crippen LogP contribution in [-0.4, -0.2) is 55.0 Å². The lowest BCUT2D eigenvalue weighted by molar-refractivity contribution is -0.686. The van der Waals surface area contributed by atoms with Crippen molar-refractivity contribution in [3.63, 3.8) is 0 Å². The Morgan fingerprint density at radius 3 is 2.46 bits per heavy atom. The number of pyridine rings is 1. The average Bonchev–Trinajstić information content (AvgIpc) is 3.44. The molecule has 0 aliphatic carbocycles. The van der Waals surface area contributed by atoms with E-state index >= 15 is 0 Å². The van der Waals surface area contributed by atoms with Crippen molar-refractivity contribution < 1.29 is 41.2 Å². The fourth-order valence-corrected chi connectivity index (χ4v) is 6.05. The number of hydrogen-bond donors (Lipinski definition) is 1. The SMILES string of the molecule is COc1cc(CN2CCN(c3ccc([N+](=O)[O-])cc3)CC2)c2cc3[n+](cc2c1O)CCc1cc2c(cc1-3)OCO2.[Cl-]. The topological polar surface area (TPSA) is 101 Å². The van der Waals surface area contributed by atoms with Crippen molar-refractivity contribution in [3.8, 4) is 34.3 Å². The van der Waals surface area contributed by atoms with Crippen LogP contribution in [0.1, 0.15) is 11.1 Å². The molecule has 212 valence electrons. The Morgan fingerprint density at radius 1 is 1.02 bits per heavy atom. The summed E-state index contributed by atoms with van der Waals surface area (Å²) in [6.45, 7) is 5.06. The third-order valence-electron chi connectivity index (χ3n) is 8.21. The first-order valence-electron chi connectivity index (χ1n) is 13.4. The van der Waals surface area contributed by atoms with E-state index in [-0.39, 0.29) is 35.6 Å². The first-order valence-corrected chi connectivity index (χ1v) is 13.4. The monoisotopic (exact) mass is 576 g/mol. The number of anilines is 1. The van der Waals surface area contributed by atoms with Gasteiger partial charge in [-0.15, -0.1) is 0 Å². The molecule has 0 amide bonds. The molecule has 0 atom stereocenters. The Hall–Kier alpha value is -4.28. The molecule has 1 fully saturated rings. The number of benzene rings is 3. The van der Waals surface area contributed by atoms with E-state index in [0.29, 0.717) is 12.3 Å². The summed E-state index contributed by atoms with van der Waals surface area (Å²) in [6, 6.07) is 15.0. The molecule has 0 unspecified atom stereocenters. The maximum absolute atomic E-state index is 11.1.